The Morgan fingerprint density at radius 2 is 2.15 bits per heavy atom. The van der Waals surface area contributed by atoms with Gasteiger partial charge >= 0.3 is 5.97 Å². The van der Waals surface area contributed by atoms with Crippen LogP contribution in [0.2, 0.25) is 0 Å². The summed E-state index contributed by atoms with van der Waals surface area (Å²) in [5.41, 5.74) is 0.675. The summed E-state index contributed by atoms with van der Waals surface area (Å²) in [5, 5.41) is 0. The predicted molar refractivity (Wildman–Crippen MR) is 76.9 cm³/mol. The number of ether oxygens (including phenoxy) is 1. The first kappa shape index (κ1) is 14.9. The summed E-state index contributed by atoms with van der Waals surface area (Å²) in [6, 6.07) is 0.925. The van der Waals surface area contributed by atoms with Gasteiger partial charge in [-0.05, 0) is 38.0 Å². The fraction of sp³-hybridized carbons (Fsp3) is 0.733. The molecule has 1 aliphatic rings. The van der Waals surface area contributed by atoms with Gasteiger partial charge in [-0.15, -0.1) is 0 Å². The summed E-state index contributed by atoms with van der Waals surface area (Å²) >= 11 is 0. The van der Waals surface area contributed by atoms with E-state index in [1.54, 1.807) is 6.92 Å². The van der Waals surface area contributed by atoms with Gasteiger partial charge in [0.25, 0.3) is 6.01 Å². The lowest BCUT2D eigenvalue weighted by atomic mass is 9.75. The van der Waals surface area contributed by atoms with Crippen molar-refractivity contribution in [1.82, 2.24) is 4.98 Å². The molecule has 0 saturated heterocycles. The molecule has 1 aliphatic carbocycles. The maximum absolute atomic E-state index is 11.6. The van der Waals surface area contributed by atoms with Gasteiger partial charge in [-0.25, -0.2) is 4.79 Å². The highest BCUT2D eigenvalue weighted by molar-refractivity contribution is 5.87. The van der Waals surface area contributed by atoms with E-state index < -0.39 is 5.97 Å². The van der Waals surface area contributed by atoms with E-state index in [0.717, 1.165) is 12.8 Å². The Morgan fingerprint density at radius 1 is 1.50 bits per heavy atom. The van der Waals surface area contributed by atoms with Gasteiger partial charge in [0.05, 0.1) is 6.61 Å². The van der Waals surface area contributed by atoms with Crippen LogP contribution in [-0.4, -0.2) is 30.6 Å². The van der Waals surface area contributed by atoms with E-state index in [0.29, 0.717) is 24.1 Å². The molecular formula is C15H24N2O3. The molecule has 0 radical (unpaired) electrons. The Morgan fingerprint density at radius 3 is 2.75 bits per heavy atom. The standard InChI is InChI=1S/C15H24N2O3/c1-5-19-13(18)12-10-20-14(16-12)17(4)11-6-8-15(2,3)9-7-11/h10-11H,5-9H2,1-4H3. The molecule has 1 saturated carbocycles. The highest BCUT2D eigenvalue weighted by atomic mass is 16.5. The number of hydrogen-bond acceptors (Lipinski definition) is 5. The highest BCUT2D eigenvalue weighted by Gasteiger charge is 2.30. The third-order valence-corrected chi connectivity index (χ3v) is 4.13. The molecule has 1 fully saturated rings. The fourth-order valence-electron chi connectivity index (χ4n) is 2.65. The molecule has 1 aromatic rings. The number of anilines is 1. The Hall–Kier alpha value is -1.52. The van der Waals surface area contributed by atoms with Gasteiger partial charge in [0.1, 0.15) is 6.26 Å². The lowest BCUT2D eigenvalue weighted by Gasteiger charge is -2.37. The number of carbonyl (C=O) groups excluding carboxylic acids is 1. The lowest BCUT2D eigenvalue weighted by Crippen LogP contribution is -2.37. The van der Waals surface area contributed by atoms with E-state index in [2.05, 4.69) is 18.8 Å². The van der Waals surface area contributed by atoms with Crippen molar-refractivity contribution in [3.8, 4) is 0 Å². The van der Waals surface area contributed by atoms with Crippen LogP contribution in [0.3, 0.4) is 0 Å². The average molecular weight is 280 g/mol. The number of hydrogen-bond donors (Lipinski definition) is 0. The van der Waals surface area contributed by atoms with Gasteiger partial charge in [-0.2, -0.15) is 4.98 Å². The summed E-state index contributed by atoms with van der Waals surface area (Å²) in [6.07, 6.45) is 6.03. The SMILES string of the molecule is CCOC(=O)c1coc(N(C)C2CCC(C)(C)CC2)n1. The van der Waals surface area contributed by atoms with Crippen molar-refractivity contribution in [3.05, 3.63) is 12.0 Å². The largest absolute Gasteiger partial charge is 0.461 e. The van der Waals surface area contributed by atoms with Gasteiger partial charge in [-0.1, -0.05) is 13.8 Å². The third-order valence-electron chi connectivity index (χ3n) is 4.13. The maximum atomic E-state index is 11.6. The van der Waals surface area contributed by atoms with Gasteiger partial charge in [0.15, 0.2) is 5.69 Å². The number of esters is 1. The van der Waals surface area contributed by atoms with Crippen molar-refractivity contribution in [3.63, 3.8) is 0 Å². The van der Waals surface area contributed by atoms with Crippen molar-refractivity contribution in [2.45, 2.75) is 52.5 Å². The van der Waals surface area contributed by atoms with Gasteiger partial charge in [0.2, 0.25) is 0 Å². The molecule has 0 atom stereocenters. The second-order valence-electron chi connectivity index (χ2n) is 6.24. The quantitative estimate of drug-likeness (QED) is 0.792. The number of carbonyl (C=O) groups is 1. The minimum atomic E-state index is -0.430. The topological polar surface area (TPSA) is 55.6 Å². The van der Waals surface area contributed by atoms with Crippen LogP contribution in [0.15, 0.2) is 10.7 Å². The second kappa shape index (κ2) is 5.85. The molecule has 1 aromatic heterocycles. The molecule has 5 nitrogen and oxygen atoms in total. The van der Waals surface area contributed by atoms with Crippen LogP contribution < -0.4 is 4.90 Å². The van der Waals surface area contributed by atoms with Crippen LogP contribution in [0.4, 0.5) is 6.01 Å². The molecule has 0 aromatic carbocycles. The lowest BCUT2D eigenvalue weighted by molar-refractivity contribution is 0.0519. The first-order chi connectivity index (χ1) is 9.43. The van der Waals surface area contributed by atoms with Crippen molar-refractivity contribution >= 4 is 12.0 Å². The molecule has 20 heavy (non-hydrogen) atoms. The van der Waals surface area contributed by atoms with E-state index in [1.165, 1.54) is 19.1 Å². The summed E-state index contributed by atoms with van der Waals surface area (Å²) in [6.45, 7) is 6.74. The van der Waals surface area contributed by atoms with E-state index in [4.69, 9.17) is 9.15 Å². The second-order valence-corrected chi connectivity index (χ2v) is 6.24. The number of aromatic nitrogens is 1. The molecule has 0 unspecified atom stereocenters. The normalized spacial score (nSPS) is 18.8. The van der Waals surface area contributed by atoms with Crippen LogP contribution in [-0.2, 0) is 4.74 Å². The van der Waals surface area contributed by atoms with Crippen LogP contribution in [0.25, 0.3) is 0 Å². The molecule has 2 rings (SSSR count). The Balaban J connectivity index is 1.99. The molecule has 5 heteroatoms. The van der Waals surface area contributed by atoms with Crippen molar-refractivity contribution in [1.29, 1.82) is 0 Å². The zero-order valence-corrected chi connectivity index (χ0v) is 12.8. The third kappa shape index (κ3) is 3.32. The molecule has 0 aliphatic heterocycles. The van der Waals surface area contributed by atoms with Crippen molar-refractivity contribution < 1.29 is 13.9 Å². The van der Waals surface area contributed by atoms with E-state index >= 15 is 0 Å². The fourth-order valence-corrected chi connectivity index (χ4v) is 2.65. The van der Waals surface area contributed by atoms with Gasteiger partial charge in [0, 0.05) is 13.1 Å². The van der Waals surface area contributed by atoms with Crippen LogP contribution in [0.1, 0.15) is 56.9 Å². The molecular weight excluding hydrogens is 256 g/mol. The molecule has 0 N–H and O–H groups in total. The predicted octanol–water partition coefficient (Wildman–Crippen LogP) is 3.26. The highest BCUT2D eigenvalue weighted by Crippen LogP contribution is 2.37. The van der Waals surface area contributed by atoms with Crippen LogP contribution in [0.5, 0.6) is 0 Å². The maximum Gasteiger partial charge on any atom is 0.360 e. The summed E-state index contributed by atoms with van der Waals surface area (Å²) < 4.78 is 10.3. The Kier molecular flexibility index (Phi) is 4.35. The number of oxazole rings is 1. The molecule has 112 valence electrons. The van der Waals surface area contributed by atoms with Gasteiger partial charge < -0.3 is 14.1 Å². The monoisotopic (exact) mass is 280 g/mol. The zero-order chi connectivity index (χ0) is 14.8. The van der Waals surface area contributed by atoms with Crippen LogP contribution >= 0.6 is 0 Å². The van der Waals surface area contributed by atoms with E-state index in [-0.39, 0.29) is 5.69 Å². The summed E-state index contributed by atoms with van der Waals surface area (Å²) in [7, 11) is 1.98. The zero-order valence-electron chi connectivity index (χ0n) is 12.8. The van der Waals surface area contributed by atoms with E-state index in [1.807, 2.05) is 11.9 Å². The Bertz CT molecular complexity index is 457. The van der Waals surface area contributed by atoms with Crippen molar-refractivity contribution in [2.75, 3.05) is 18.6 Å². The molecule has 1 heterocycles. The Labute approximate surface area is 120 Å². The number of nitrogens with zero attached hydrogens (tertiary/aromatic N) is 2. The molecule has 0 spiro atoms. The molecule has 0 amide bonds. The summed E-state index contributed by atoms with van der Waals surface area (Å²) in [4.78, 5) is 17.8. The first-order valence-corrected chi connectivity index (χ1v) is 7.28. The molecule has 0 bridgehead atoms. The minimum absolute atomic E-state index is 0.241. The van der Waals surface area contributed by atoms with Crippen molar-refractivity contribution in [2.24, 2.45) is 5.41 Å². The average Bonchev–Trinajstić information content (AvgIpc) is 2.88. The summed E-state index contributed by atoms with van der Waals surface area (Å²) in [5.74, 6) is -0.430. The first-order valence-electron chi connectivity index (χ1n) is 7.28. The van der Waals surface area contributed by atoms with E-state index in [9.17, 15) is 4.79 Å². The smallest absolute Gasteiger partial charge is 0.360 e. The number of rotatable bonds is 4. The van der Waals surface area contributed by atoms with Gasteiger partial charge in [-0.3, -0.25) is 0 Å². The van der Waals surface area contributed by atoms with Crippen LogP contribution in [0, 0.1) is 5.41 Å². The minimum Gasteiger partial charge on any atom is -0.461 e.